The number of carbonyl (C=O) groups is 1. The molecule has 2 heterocycles. The monoisotopic (exact) mass is 303 g/mol. The smallest absolute Gasteiger partial charge is 0.166 e. The molecule has 0 radical (unpaired) electrons. The maximum absolute atomic E-state index is 12.7. The minimum absolute atomic E-state index is 0.00333. The molecule has 21 heavy (non-hydrogen) atoms. The standard InChI is InChI=1S/C16H17NO3S/c1-10-2-3-11(9-17)6-15(10)16(18)12-7-13-4-5-14(8-12)21(13,19)20/h2-3,6,12-14H,4-5,7-8H2,1H3. The molecule has 1 aromatic rings. The number of hydrogen-bond donors (Lipinski definition) is 0. The summed E-state index contributed by atoms with van der Waals surface area (Å²) >= 11 is 0. The van der Waals surface area contributed by atoms with Crippen LogP contribution in [0, 0.1) is 24.2 Å². The van der Waals surface area contributed by atoms with Crippen LogP contribution >= 0.6 is 0 Å². The van der Waals surface area contributed by atoms with Crippen molar-refractivity contribution in [3.8, 4) is 6.07 Å². The van der Waals surface area contributed by atoms with Gasteiger partial charge in [-0.25, -0.2) is 8.42 Å². The van der Waals surface area contributed by atoms with E-state index in [9.17, 15) is 13.2 Å². The van der Waals surface area contributed by atoms with Crippen LogP contribution < -0.4 is 0 Å². The molecule has 110 valence electrons. The molecule has 0 saturated carbocycles. The highest BCUT2D eigenvalue weighted by molar-refractivity contribution is 7.93. The first-order chi connectivity index (χ1) is 9.93. The highest BCUT2D eigenvalue weighted by Crippen LogP contribution is 2.42. The number of rotatable bonds is 2. The van der Waals surface area contributed by atoms with E-state index < -0.39 is 9.84 Å². The number of hydrogen-bond acceptors (Lipinski definition) is 4. The summed E-state index contributed by atoms with van der Waals surface area (Å²) in [4.78, 5) is 12.7. The number of nitrogens with zero attached hydrogens (tertiary/aromatic N) is 1. The van der Waals surface area contributed by atoms with E-state index in [0.29, 0.717) is 36.8 Å². The molecule has 0 amide bonds. The van der Waals surface area contributed by atoms with E-state index in [1.54, 1.807) is 18.2 Å². The Balaban J connectivity index is 1.90. The van der Waals surface area contributed by atoms with Crippen LogP contribution in [0.5, 0.6) is 0 Å². The molecule has 0 spiro atoms. The van der Waals surface area contributed by atoms with Crippen LogP contribution in [-0.2, 0) is 9.84 Å². The largest absolute Gasteiger partial charge is 0.294 e. The molecule has 2 aliphatic rings. The summed E-state index contributed by atoms with van der Waals surface area (Å²) in [5.74, 6) is -0.227. The molecule has 2 unspecified atom stereocenters. The number of sulfone groups is 1. The lowest BCUT2D eigenvalue weighted by atomic mass is 9.88. The van der Waals surface area contributed by atoms with Crippen molar-refractivity contribution in [2.75, 3.05) is 0 Å². The van der Waals surface area contributed by atoms with Crippen molar-refractivity contribution in [1.82, 2.24) is 0 Å². The van der Waals surface area contributed by atoms with Gasteiger partial charge in [-0.1, -0.05) is 6.07 Å². The maximum Gasteiger partial charge on any atom is 0.166 e. The predicted molar refractivity (Wildman–Crippen MR) is 78.7 cm³/mol. The number of benzene rings is 1. The van der Waals surface area contributed by atoms with E-state index in [1.165, 1.54) is 0 Å². The molecule has 4 nitrogen and oxygen atoms in total. The number of nitriles is 1. The second-order valence-electron chi connectivity index (χ2n) is 6.08. The van der Waals surface area contributed by atoms with Crippen LogP contribution in [-0.4, -0.2) is 24.7 Å². The lowest BCUT2D eigenvalue weighted by molar-refractivity contribution is 0.0904. The summed E-state index contributed by atoms with van der Waals surface area (Å²) in [7, 11) is -3.01. The van der Waals surface area contributed by atoms with Crippen LogP contribution in [0.25, 0.3) is 0 Å². The van der Waals surface area contributed by atoms with Gasteiger partial charge in [0.2, 0.25) is 0 Å². The fraction of sp³-hybridized carbons (Fsp3) is 0.500. The zero-order valence-electron chi connectivity index (χ0n) is 11.9. The van der Waals surface area contributed by atoms with Crippen molar-refractivity contribution in [2.24, 2.45) is 5.92 Å². The van der Waals surface area contributed by atoms with E-state index in [-0.39, 0.29) is 22.2 Å². The third-order valence-corrected chi connectivity index (χ3v) is 7.55. The zero-order valence-corrected chi connectivity index (χ0v) is 12.7. The Bertz CT molecular complexity index is 725. The van der Waals surface area contributed by atoms with Gasteiger partial charge in [-0.05, 0) is 50.3 Å². The molecule has 2 bridgehead atoms. The van der Waals surface area contributed by atoms with Crippen molar-refractivity contribution < 1.29 is 13.2 Å². The molecular weight excluding hydrogens is 286 g/mol. The zero-order chi connectivity index (χ0) is 15.2. The number of ketones is 1. The minimum Gasteiger partial charge on any atom is -0.294 e. The molecule has 5 heteroatoms. The lowest BCUT2D eigenvalue weighted by Gasteiger charge is -2.27. The van der Waals surface area contributed by atoms with Gasteiger partial charge in [0.05, 0.1) is 22.1 Å². The molecule has 2 atom stereocenters. The first-order valence-electron chi connectivity index (χ1n) is 7.21. The predicted octanol–water partition coefficient (Wildman–Crippen LogP) is 2.41. The summed E-state index contributed by atoms with van der Waals surface area (Å²) in [6.07, 6.45) is 2.25. The lowest BCUT2D eigenvalue weighted by Crippen LogP contribution is -2.36. The fourth-order valence-corrected chi connectivity index (χ4v) is 6.07. The third-order valence-electron chi connectivity index (χ3n) is 4.84. The molecule has 2 aliphatic heterocycles. The van der Waals surface area contributed by atoms with Gasteiger partial charge in [-0.3, -0.25) is 4.79 Å². The van der Waals surface area contributed by atoms with E-state index in [2.05, 4.69) is 0 Å². The van der Waals surface area contributed by atoms with E-state index in [0.717, 1.165) is 5.56 Å². The summed E-state index contributed by atoms with van der Waals surface area (Å²) < 4.78 is 24.2. The van der Waals surface area contributed by atoms with Crippen LogP contribution in [0.3, 0.4) is 0 Å². The molecule has 0 N–H and O–H groups in total. The maximum atomic E-state index is 12.7. The van der Waals surface area contributed by atoms with Gasteiger partial charge in [-0.15, -0.1) is 0 Å². The van der Waals surface area contributed by atoms with E-state index >= 15 is 0 Å². The molecule has 2 fully saturated rings. The van der Waals surface area contributed by atoms with Crippen molar-refractivity contribution in [1.29, 1.82) is 5.26 Å². The Morgan fingerprint density at radius 1 is 1.24 bits per heavy atom. The topological polar surface area (TPSA) is 75.0 Å². The number of aryl methyl sites for hydroxylation is 1. The van der Waals surface area contributed by atoms with Crippen molar-refractivity contribution >= 4 is 15.6 Å². The minimum atomic E-state index is -3.01. The Hall–Kier alpha value is -1.67. The van der Waals surface area contributed by atoms with Crippen molar-refractivity contribution in [3.63, 3.8) is 0 Å². The Kier molecular flexibility index (Phi) is 3.37. The van der Waals surface area contributed by atoms with E-state index in [1.807, 2.05) is 13.0 Å². The SMILES string of the molecule is Cc1ccc(C#N)cc1C(=O)C1CC2CCC(C1)S2(=O)=O. The molecule has 0 aliphatic carbocycles. The third kappa shape index (κ3) is 2.28. The quantitative estimate of drug-likeness (QED) is 0.786. The Morgan fingerprint density at radius 3 is 2.43 bits per heavy atom. The number of carbonyl (C=O) groups excluding carboxylic acids is 1. The van der Waals surface area contributed by atoms with Gasteiger partial charge in [0.25, 0.3) is 0 Å². The summed E-state index contributed by atoms with van der Waals surface area (Å²) in [6, 6.07) is 7.15. The Morgan fingerprint density at radius 2 is 1.86 bits per heavy atom. The first-order valence-corrected chi connectivity index (χ1v) is 8.82. The van der Waals surface area contributed by atoms with Gasteiger partial charge in [0, 0.05) is 11.5 Å². The fourth-order valence-electron chi connectivity index (χ4n) is 3.60. The second-order valence-corrected chi connectivity index (χ2v) is 8.60. The van der Waals surface area contributed by atoms with Crippen LogP contribution in [0.15, 0.2) is 18.2 Å². The van der Waals surface area contributed by atoms with Gasteiger partial charge in [0.15, 0.2) is 15.6 Å². The van der Waals surface area contributed by atoms with Crippen LogP contribution in [0.4, 0.5) is 0 Å². The highest BCUT2D eigenvalue weighted by Gasteiger charge is 2.48. The Labute approximate surface area is 124 Å². The molecule has 0 aromatic heterocycles. The summed E-state index contributed by atoms with van der Waals surface area (Å²) in [5.41, 5.74) is 1.88. The molecule has 1 aromatic carbocycles. The van der Waals surface area contributed by atoms with Gasteiger partial charge in [-0.2, -0.15) is 5.26 Å². The van der Waals surface area contributed by atoms with Crippen molar-refractivity contribution in [2.45, 2.75) is 43.1 Å². The molecule has 3 rings (SSSR count). The van der Waals surface area contributed by atoms with Gasteiger partial charge < -0.3 is 0 Å². The summed E-state index contributed by atoms with van der Waals surface area (Å²) in [6.45, 7) is 1.85. The second kappa shape index (κ2) is 4.96. The average molecular weight is 303 g/mol. The first kappa shape index (κ1) is 14.3. The number of Topliss-reactive ketones (excluding diaryl/α,β-unsaturated/α-hetero) is 1. The van der Waals surface area contributed by atoms with Crippen LogP contribution in [0.2, 0.25) is 0 Å². The molecular formula is C16H17NO3S. The van der Waals surface area contributed by atoms with Crippen molar-refractivity contribution in [3.05, 3.63) is 34.9 Å². The van der Waals surface area contributed by atoms with Crippen LogP contribution in [0.1, 0.15) is 47.2 Å². The van der Waals surface area contributed by atoms with E-state index in [4.69, 9.17) is 5.26 Å². The van der Waals surface area contributed by atoms with Gasteiger partial charge >= 0.3 is 0 Å². The molecule has 2 saturated heterocycles. The van der Waals surface area contributed by atoms with Gasteiger partial charge in [0.1, 0.15) is 0 Å². The average Bonchev–Trinajstić information content (AvgIpc) is 2.67. The highest BCUT2D eigenvalue weighted by atomic mass is 32.2. The summed E-state index contributed by atoms with van der Waals surface area (Å²) in [5, 5.41) is 8.28. The number of fused-ring (bicyclic) bond motifs is 2. The normalized spacial score (nSPS) is 29.8.